The highest BCUT2D eigenvalue weighted by Crippen LogP contribution is 2.20. The van der Waals surface area contributed by atoms with Crippen LogP contribution in [0.3, 0.4) is 0 Å². The van der Waals surface area contributed by atoms with Gasteiger partial charge in [-0.05, 0) is 37.3 Å². The van der Waals surface area contributed by atoms with Crippen molar-refractivity contribution in [3.63, 3.8) is 0 Å². The normalized spacial score (nSPS) is 11.2. The third kappa shape index (κ3) is 2.09. The Hall–Kier alpha value is -2.15. The lowest BCUT2D eigenvalue weighted by Gasteiger charge is -2.01. The molecule has 0 aliphatic heterocycles. The smallest absolute Gasteiger partial charge is 0.258 e. The molecule has 0 atom stereocenters. The van der Waals surface area contributed by atoms with Crippen molar-refractivity contribution in [3.8, 4) is 11.4 Å². The summed E-state index contributed by atoms with van der Waals surface area (Å²) in [4.78, 5) is 12.9. The van der Waals surface area contributed by atoms with E-state index in [4.69, 9.17) is 5.73 Å². The second-order valence-corrected chi connectivity index (χ2v) is 5.29. The Bertz CT molecular complexity index is 795. The number of hydrogen-bond acceptors (Lipinski definition) is 6. The molecule has 3 aromatic rings. The number of anilines is 1. The van der Waals surface area contributed by atoms with E-state index in [-0.39, 0.29) is 0 Å². The summed E-state index contributed by atoms with van der Waals surface area (Å²) < 4.78 is 1.46. The summed E-state index contributed by atoms with van der Waals surface area (Å²) in [5.74, 6) is 1.37. The standard InChI is InChI=1S/C13H14N6S/c1-7-4-5-9(6-8(7)2)10-15-12-17-13(20-3)16-11(14)19(12)18-10/h4-6H,1-3H3,(H2,14,15,16,17,18). The van der Waals surface area contributed by atoms with Crippen LogP contribution in [0.25, 0.3) is 17.2 Å². The van der Waals surface area contributed by atoms with Gasteiger partial charge in [0.05, 0.1) is 0 Å². The van der Waals surface area contributed by atoms with E-state index in [1.54, 1.807) is 0 Å². The molecular formula is C13H14N6S. The van der Waals surface area contributed by atoms with Gasteiger partial charge < -0.3 is 5.73 Å². The summed E-state index contributed by atoms with van der Waals surface area (Å²) >= 11 is 1.42. The summed E-state index contributed by atoms with van der Waals surface area (Å²) in [6, 6.07) is 6.11. The molecule has 2 heterocycles. The third-order valence-electron chi connectivity index (χ3n) is 3.16. The van der Waals surface area contributed by atoms with Crippen molar-refractivity contribution in [1.29, 1.82) is 0 Å². The zero-order valence-electron chi connectivity index (χ0n) is 11.5. The maximum absolute atomic E-state index is 5.87. The highest BCUT2D eigenvalue weighted by Gasteiger charge is 2.12. The Morgan fingerprint density at radius 3 is 2.60 bits per heavy atom. The zero-order valence-corrected chi connectivity index (χ0v) is 12.3. The Balaban J connectivity index is 2.17. The van der Waals surface area contributed by atoms with Crippen LogP contribution in [0.15, 0.2) is 23.4 Å². The lowest BCUT2D eigenvalue weighted by molar-refractivity contribution is 0.851. The van der Waals surface area contributed by atoms with Gasteiger partial charge in [0.2, 0.25) is 5.95 Å². The number of nitrogen functional groups attached to an aromatic ring is 1. The van der Waals surface area contributed by atoms with Crippen molar-refractivity contribution in [2.75, 3.05) is 12.0 Å². The van der Waals surface area contributed by atoms with Crippen molar-refractivity contribution < 1.29 is 0 Å². The maximum Gasteiger partial charge on any atom is 0.258 e. The molecule has 6 nitrogen and oxygen atoms in total. The van der Waals surface area contributed by atoms with Gasteiger partial charge in [-0.1, -0.05) is 23.9 Å². The lowest BCUT2D eigenvalue weighted by atomic mass is 10.1. The summed E-state index contributed by atoms with van der Waals surface area (Å²) in [7, 11) is 0. The van der Waals surface area contributed by atoms with Crippen LogP contribution in [0.4, 0.5) is 5.95 Å². The van der Waals surface area contributed by atoms with Crippen LogP contribution in [0, 0.1) is 13.8 Å². The van der Waals surface area contributed by atoms with Gasteiger partial charge in [-0.25, -0.2) is 0 Å². The zero-order chi connectivity index (χ0) is 14.3. The Labute approximate surface area is 120 Å². The summed E-state index contributed by atoms with van der Waals surface area (Å²) in [5.41, 5.74) is 9.26. The van der Waals surface area contributed by atoms with Crippen LogP contribution < -0.4 is 5.73 Å². The quantitative estimate of drug-likeness (QED) is 0.727. The molecule has 0 fully saturated rings. The molecule has 2 N–H and O–H groups in total. The monoisotopic (exact) mass is 286 g/mol. The van der Waals surface area contributed by atoms with Crippen LogP contribution in [0.5, 0.6) is 0 Å². The second-order valence-electron chi connectivity index (χ2n) is 4.51. The molecule has 0 amide bonds. The molecule has 0 saturated heterocycles. The molecule has 20 heavy (non-hydrogen) atoms. The van der Waals surface area contributed by atoms with Crippen LogP contribution in [0.2, 0.25) is 0 Å². The topological polar surface area (TPSA) is 82.0 Å². The van der Waals surface area contributed by atoms with E-state index < -0.39 is 0 Å². The largest absolute Gasteiger partial charge is 0.368 e. The van der Waals surface area contributed by atoms with Crippen molar-refractivity contribution in [1.82, 2.24) is 24.6 Å². The number of aromatic nitrogens is 5. The Morgan fingerprint density at radius 1 is 1.10 bits per heavy atom. The molecule has 0 aliphatic carbocycles. The van der Waals surface area contributed by atoms with Gasteiger partial charge in [-0.15, -0.1) is 5.10 Å². The van der Waals surface area contributed by atoms with Crippen LogP contribution in [-0.2, 0) is 0 Å². The molecule has 102 valence electrons. The number of benzene rings is 1. The van der Waals surface area contributed by atoms with Gasteiger partial charge in [-0.3, -0.25) is 0 Å². The van der Waals surface area contributed by atoms with Gasteiger partial charge >= 0.3 is 0 Å². The summed E-state index contributed by atoms with van der Waals surface area (Å²) in [6.45, 7) is 4.14. The molecule has 7 heteroatoms. The van der Waals surface area contributed by atoms with Crippen molar-refractivity contribution in [3.05, 3.63) is 29.3 Å². The predicted molar refractivity (Wildman–Crippen MR) is 79.7 cm³/mol. The fourth-order valence-corrected chi connectivity index (χ4v) is 2.24. The van der Waals surface area contributed by atoms with E-state index >= 15 is 0 Å². The Kier molecular flexibility index (Phi) is 3.06. The van der Waals surface area contributed by atoms with Gasteiger partial charge in [0, 0.05) is 5.56 Å². The summed E-state index contributed by atoms with van der Waals surface area (Å²) in [6.07, 6.45) is 1.89. The first-order valence-electron chi connectivity index (χ1n) is 6.10. The molecule has 0 unspecified atom stereocenters. The molecule has 0 spiro atoms. The minimum atomic E-state index is 0.293. The van der Waals surface area contributed by atoms with Crippen molar-refractivity contribution in [2.45, 2.75) is 19.0 Å². The van der Waals surface area contributed by atoms with E-state index in [0.717, 1.165) is 5.56 Å². The number of nitrogens with two attached hydrogens (primary N) is 1. The van der Waals surface area contributed by atoms with E-state index in [1.807, 2.05) is 12.3 Å². The molecule has 2 aromatic heterocycles. The maximum atomic E-state index is 5.87. The first-order valence-corrected chi connectivity index (χ1v) is 7.33. The third-order valence-corrected chi connectivity index (χ3v) is 3.71. The van der Waals surface area contributed by atoms with Crippen LogP contribution >= 0.6 is 11.8 Å². The van der Waals surface area contributed by atoms with E-state index in [0.29, 0.717) is 22.7 Å². The minimum Gasteiger partial charge on any atom is -0.368 e. The van der Waals surface area contributed by atoms with Gasteiger partial charge in [0.1, 0.15) is 0 Å². The number of hydrogen-bond donors (Lipinski definition) is 1. The first kappa shape index (κ1) is 12.9. The van der Waals surface area contributed by atoms with Crippen molar-refractivity contribution in [2.24, 2.45) is 0 Å². The van der Waals surface area contributed by atoms with E-state index in [2.05, 4.69) is 46.0 Å². The van der Waals surface area contributed by atoms with E-state index in [9.17, 15) is 0 Å². The highest BCUT2D eigenvalue weighted by molar-refractivity contribution is 7.98. The fraction of sp³-hybridized carbons (Fsp3) is 0.231. The predicted octanol–water partition coefficient (Wildman–Crippen LogP) is 2.11. The molecule has 0 aliphatic rings. The minimum absolute atomic E-state index is 0.293. The number of thioether (sulfide) groups is 1. The molecule has 1 aromatic carbocycles. The second kappa shape index (κ2) is 4.75. The lowest BCUT2D eigenvalue weighted by Crippen LogP contribution is -2.04. The molecular weight excluding hydrogens is 272 g/mol. The molecule has 3 rings (SSSR count). The number of aryl methyl sites for hydroxylation is 2. The van der Waals surface area contributed by atoms with Gasteiger partial charge in [0.25, 0.3) is 5.78 Å². The Morgan fingerprint density at radius 2 is 1.90 bits per heavy atom. The summed E-state index contributed by atoms with van der Waals surface area (Å²) in [5, 5.41) is 4.97. The highest BCUT2D eigenvalue weighted by atomic mass is 32.2. The van der Waals surface area contributed by atoms with Gasteiger partial charge in [-0.2, -0.15) is 19.5 Å². The number of nitrogens with zero attached hydrogens (tertiary/aromatic N) is 5. The fourth-order valence-electron chi connectivity index (χ4n) is 1.88. The van der Waals surface area contributed by atoms with Crippen LogP contribution in [-0.4, -0.2) is 30.8 Å². The molecule has 0 bridgehead atoms. The average molecular weight is 286 g/mol. The van der Waals surface area contributed by atoms with E-state index in [1.165, 1.54) is 27.4 Å². The molecule has 0 saturated carbocycles. The SMILES string of the molecule is CSc1nc(N)n2nc(-c3ccc(C)c(C)c3)nc2n1. The number of fused-ring (bicyclic) bond motifs is 1. The average Bonchev–Trinajstić information content (AvgIpc) is 2.86. The number of rotatable bonds is 2. The first-order chi connectivity index (χ1) is 9.58. The van der Waals surface area contributed by atoms with Crippen molar-refractivity contribution >= 4 is 23.5 Å². The van der Waals surface area contributed by atoms with Gasteiger partial charge in [0.15, 0.2) is 11.0 Å². The molecule has 0 radical (unpaired) electrons. The van der Waals surface area contributed by atoms with Crippen LogP contribution in [0.1, 0.15) is 11.1 Å².